The zero-order valence-corrected chi connectivity index (χ0v) is 20.7. The number of piperidine rings is 1. The van der Waals surface area contributed by atoms with E-state index in [0.29, 0.717) is 44.5 Å². The number of hydrogen-bond acceptors (Lipinski definition) is 5. The zero-order chi connectivity index (χ0) is 25.1. The number of benzene rings is 1. The fraction of sp³-hybridized carbons (Fsp3) is 0.481. The monoisotopic (exact) mass is 478 g/mol. The molecule has 1 spiro atoms. The van der Waals surface area contributed by atoms with E-state index in [-0.39, 0.29) is 29.7 Å². The van der Waals surface area contributed by atoms with Crippen LogP contribution in [0.5, 0.6) is 0 Å². The summed E-state index contributed by atoms with van der Waals surface area (Å²) in [5.74, 6) is -0.391. The highest BCUT2D eigenvalue weighted by molar-refractivity contribution is 5.98. The second kappa shape index (κ2) is 10.2. The fourth-order valence-electron chi connectivity index (χ4n) is 4.77. The molecule has 3 amide bonds. The van der Waals surface area contributed by atoms with E-state index >= 15 is 0 Å². The van der Waals surface area contributed by atoms with Crippen molar-refractivity contribution >= 4 is 17.7 Å². The van der Waals surface area contributed by atoms with Crippen LogP contribution in [0, 0.1) is 5.41 Å². The summed E-state index contributed by atoms with van der Waals surface area (Å²) in [7, 11) is 0. The van der Waals surface area contributed by atoms with E-state index in [2.05, 4.69) is 10.3 Å². The molecule has 8 nitrogen and oxygen atoms in total. The number of ether oxygens (including phenoxy) is 1. The van der Waals surface area contributed by atoms with Gasteiger partial charge in [0.2, 0.25) is 11.8 Å². The van der Waals surface area contributed by atoms with Crippen LogP contribution in [-0.2, 0) is 20.9 Å². The summed E-state index contributed by atoms with van der Waals surface area (Å²) in [5.41, 5.74) is 0.375. The number of carbonyl (C=O) groups excluding carboxylic acids is 3. The predicted molar refractivity (Wildman–Crippen MR) is 131 cm³/mol. The molecule has 1 unspecified atom stereocenters. The van der Waals surface area contributed by atoms with E-state index in [1.165, 1.54) is 0 Å². The van der Waals surface area contributed by atoms with Crippen molar-refractivity contribution in [2.24, 2.45) is 5.41 Å². The second-order valence-electron chi connectivity index (χ2n) is 10.5. The van der Waals surface area contributed by atoms with Gasteiger partial charge >= 0.3 is 0 Å². The van der Waals surface area contributed by atoms with Crippen molar-refractivity contribution in [2.75, 3.05) is 19.7 Å². The molecule has 0 aliphatic carbocycles. The molecule has 2 saturated heterocycles. The molecule has 186 valence electrons. The molecular formula is C27H34N4O4. The van der Waals surface area contributed by atoms with E-state index in [9.17, 15) is 14.4 Å². The number of rotatable bonds is 5. The van der Waals surface area contributed by atoms with Crippen LogP contribution in [0.1, 0.15) is 56.0 Å². The third kappa shape index (κ3) is 5.70. The molecule has 3 heterocycles. The average molecular weight is 479 g/mol. The molecule has 2 aromatic rings. The molecule has 1 aromatic heterocycles. The Hall–Kier alpha value is -3.26. The van der Waals surface area contributed by atoms with Crippen molar-refractivity contribution in [1.82, 2.24) is 20.1 Å². The number of aromatic nitrogens is 1. The van der Waals surface area contributed by atoms with Gasteiger partial charge in [0.25, 0.3) is 5.91 Å². The SMILES string of the molecule is CC(C)(C)CC(=O)N1CCC2(CC1)OCC(C(=O)NCc1cccnc1)N2C(=O)c1ccccc1. The number of carbonyl (C=O) groups is 3. The molecule has 35 heavy (non-hydrogen) atoms. The van der Waals surface area contributed by atoms with Gasteiger partial charge in [-0.15, -0.1) is 0 Å². The van der Waals surface area contributed by atoms with Gasteiger partial charge in [-0.2, -0.15) is 0 Å². The average Bonchev–Trinajstić information content (AvgIpc) is 3.21. The van der Waals surface area contributed by atoms with Crippen molar-refractivity contribution in [1.29, 1.82) is 0 Å². The Balaban J connectivity index is 1.52. The molecule has 8 heteroatoms. The lowest BCUT2D eigenvalue weighted by molar-refractivity contribution is -0.145. The molecule has 0 bridgehead atoms. The van der Waals surface area contributed by atoms with E-state index in [1.807, 2.05) is 56.0 Å². The van der Waals surface area contributed by atoms with E-state index < -0.39 is 11.8 Å². The number of amides is 3. The zero-order valence-electron chi connectivity index (χ0n) is 20.7. The van der Waals surface area contributed by atoms with Crippen LogP contribution in [0.4, 0.5) is 0 Å². The summed E-state index contributed by atoms with van der Waals surface area (Å²) < 4.78 is 6.25. The number of likely N-dealkylation sites (tertiary alicyclic amines) is 1. The van der Waals surface area contributed by atoms with Crippen LogP contribution in [0.3, 0.4) is 0 Å². The lowest BCUT2D eigenvalue weighted by Gasteiger charge is -2.44. The molecular weight excluding hydrogens is 444 g/mol. The van der Waals surface area contributed by atoms with Crippen molar-refractivity contribution in [2.45, 2.75) is 58.3 Å². The van der Waals surface area contributed by atoms with Crippen LogP contribution in [0.2, 0.25) is 0 Å². The van der Waals surface area contributed by atoms with Gasteiger partial charge in [0.05, 0.1) is 6.61 Å². The molecule has 0 radical (unpaired) electrons. The third-order valence-corrected chi connectivity index (χ3v) is 6.57. The van der Waals surface area contributed by atoms with E-state index in [1.54, 1.807) is 29.4 Å². The Morgan fingerprint density at radius 2 is 1.80 bits per heavy atom. The van der Waals surface area contributed by atoms with Gasteiger partial charge in [0.15, 0.2) is 0 Å². The van der Waals surface area contributed by atoms with Crippen molar-refractivity contribution in [3.63, 3.8) is 0 Å². The van der Waals surface area contributed by atoms with Gasteiger partial charge in [-0.05, 0) is 29.2 Å². The maximum absolute atomic E-state index is 13.7. The first-order valence-corrected chi connectivity index (χ1v) is 12.2. The summed E-state index contributed by atoms with van der Waals surface area (Å²) in [5, 5.41) is 2.93. The molecule has 1 N–H and O–H groups in total. The van der Waals surface area contributed by atoms with E-state index in [4.69, 9.17) is 4.74 Å². The van der Waals surface area contributed by atoms with Gasteiger partial charge < -0.3 is 15.0 Å². The molecule has 2 aliphatic heterocycles. The van der Waals surface area contributed by atoms with Crippen molar-refractivity contribution in [3.05, 3.63) is 66.0 Å². The Kier molecular flexibility index (Phi) is 7.21. The summed E-state index contributed by atoms with van der Waals surface area (Å²) in [6.07, 6.45) is 4.78. The Labute approximate surface area is 206 Å². The number of nitrogens with zero attached hydrogens (tertiary/aromatic N) is 3. The minimum Gasteiger partial charge on any atom is -0.353 e. The molecule has 2 aliphatic rings. The molecule has 0 saturated carbocycles. The number of nitrogens with one attached hydrogen (secondary N) is 1. The third-order valence-electron chi connectivity index (χ3n) is 6.57. The van der Waals surface area contributed by atoms with Crippen LogP contribution in [0.15, 0.2) is 54.9 Å². The lowest BCUT2D eigenvalue weighted by atomic mass is 9.90. The Morgan fingerprint density at radius 3 is 2.43 bits per heavy atom. The Morgan fingerprint density at radius 1 is 1.09 bits per heavy atom. The first-order chi connectivity index (χ1) is 16.7. The quantitative estimate of drug-likeness (QED) is 0.713. The minimum absolute atomic E-state index is 0.0944. The summed E-state index contributed by atoms with van der Waals surface area (Å²) >= 11 is 0. The standard InChI is InChI=1S/C27H34N4O4/c1-26(2,3)16-23(32)30-14-11-27(12-15-30)31(25(34)21-9-5-4-6-10-21)22(19-35-27)24(33)29-18-20-8-7-13-28-17-20/h4-10,13,17,22H,11-12,14-16,18-19H2,1-3H3,(H,29,33). The highest BCUT2D eigenvalue weighted by Gasteiger charge is 2.54. The van der Waals surface area contributed by atoms with Gasteiger partial charge in [-0.3, -0.25) is 24.3 Å². The Bertz CT molecular complexity index is 1040. The van der Waals surface area contributed by atoms with Crippen LogP contribution in [-0.4, -0.2) is 64.0 Å². The smallest absolute Gasteiger partial charge is 0.256 e. The largest absolute Gasteiger partial charge is 0.353 e. The predicted octanol–water partition coefficient (Wildman–Crippen LogP) is 2.99. The van der Waals surface area contributed by atoms with Crippen molar-refractivity contribution in [3.8, 4) is 0 Å². The van der Waals surface area contributed by atoms with Crippen LogP contribution >= 0.6 is 0 Å². The topological polar surface area (TPSA) is 91.8 Å². The van der Waals surface area contributed by atoms with Gasteiger partial charge in [-0.1, -0.05) is 45.0 Å². The van der Waals surface area contributed by atoms with E-state index in [0.717, 1.165) is 5.56 Å². The second-order valence-corrected chi connectivity index (χ2v) is 10.5. The molecule has 1 atom stereocenters. The van der Waals surface area contributed by atoms with Crippen LogP contribution in [0.25, 0.3) is 0 Å². The molecule has 1 aromatic carbocycles. The first kappa shape index (κ1) is 24.9. The maximum Gasteiger partial charge on any atom is 0.256 e. The summed E-state index contributed by atoms with van der Waals surface area (Å²) in [4.78, 5) is 47.3. The summed E-state index contributed by atoms with van der Waals surface area (Å²) in [6.45, 7) is 7.54. The fourth-order valence-corrected chi connectivity index (χ4v) is 4.77. The highest BCUT2D eigenvalue weighted by Crippen LogP contribution is 2.39. The molecule has 2 fully saturated rings. The van der Waals surface area contributed by atoms with Gasteiger partial charge in [0.1, 0.15) is 11.8 Å². The van der Waals surface area contributed by atoms with Gasteiger partial charge in [-0.25, -0.2) is 0 Å². The normalized spacial score (nSPS) is 19.6. The summed E-state index contributed by atoms with van der Waals surface area (Å²) in [6, 6.07) is 11.9. The molecule has 4 rings (SSSR count). The van der Waals surface area contributed by atoms with Crippen LogP contribution < -0.4 is 5.32 Å². The number of hydrogen-bond donors (Lipinski definition) is 1. The highest BCUT2D eigenvalue weighted by atomic mass is 16.5. The lowest BCUT2D eigenvalue weighted by Crippen LogP contribution is -2.59. The number of pyridine rings is 1. The van der Waals surface area contributed by atoms with Gasteiger partial charge in [0, 0.05) is 56.9 Å². The van der Waals surface area contributed by atoms with Crippen molar-refractivity contribution < 1.29 is 19.1 Å². The first-order valence-electron chi connectivity index (χ1n) is 12.2. The minimum atomic E-state index is -0.915. The maximum atomic E-state index is 13.7.